The highest BCUT2D eigenvalue weighted by molar-refractivity contribution is 7.98. The zero-order valence-corrected chi connectivity index (χ0v) is 8.12. The second-order valence-electron chi connectivity index (χ2n) is 1.66. The van der Waals surface area contributed by atoms with Crippen molar-refractivity contribution in [3.8, 4) is 0 Å². The van der Waals surface area contributed by atoms with E-state index in [1.54, 1.807) is 11.8 Å². The minimum absolute atomic E-state index is 0.807. The fraction of sp³-hybridized carbons (Fsp3) is 0.250. The molecule has 1 nitrogen and oxygen atoms in total. The molecule has 1 N–H and O–H groups in total. The van der Waals surface area contributed by atoms with Crippen molar-refractivity contribution in [2.45, 2.75) is 4.90 Å². The van der Waals surface area contributed by atoms with Crippen molar-refractivity contribution >= 4 is 23.4 Å². The van der Waals surface area contributed by atoms with Gasteiger partial charge in [-0.25, -0.2) is 0 Å². The summed E-state index contributed by atoms with van der Waals surface area (Å²) in [6, 6.07) is 7.82. The molecule has 1 aromatic carbocycles. The summed E-state index contributed by atoms with van der Waals surface area (Å²) in [7, 11) is 1.00. The maximum atomic E-state index is 7.00. The number of hydrogen-bond acceptors (Lipinski definition) is 2. The largest absolute Gasteiger partial charge is 0.400 e. The maximum Gasteiger partial charge on any atom is 0.0417 e. The lowest BCUT2D eigenvalue weighted by atomic mass is 10.4. The SMILES string of the molecule is CO.CSc1cccc(Cl)c1. The molecular formula is C8H11ClOS. The van der Waals surface area contributed by atoms with Crippen LogP contribution in [-0.2, 0) is 0 Å². The van der Waals surface area contributed by atoms with E-state index >= 15 is 0 Å². The average molecular weight is 191 g/mol. The molecule has 0 spiro atoms. The number of hydrogen-bond donors (Lipinski definition) is 1. The third kappa shape index (κ3) is 4.30. The van der Waals surface area contributed by atoms with Crippen molar-refractivity contribution < 1.29 is 5.11 Å². The van der Waals surface area contributed by atoms with Gasteiger partial charge in [0.15, 0.2) is 0 Å². The molecule has 0 bridgehead atoms. The number of aliphatic hydroxyl groups excluding tert-OH is 1. The third-order valence-corrected chi connectivity index (χ3v) is 1.99. The number of rotatable bonds is 1. The van der Waals surface area contributed by atoms with Crippen LogP contribution in [0.2, 0.25) is 5.02 Å². The van der Waals surface area contributed by atoms with E-state index in [9.17, 15) is 0 Å². The highest BCUT2D eigenvalue weighted by Crippen LogP contribution is 2.18. The van der Waals surface area contributed by atoms with Gasteiger partial charge in [0.05, 0.1) is 0 Å². The van der Waals surface area contributed by atoms with Gasteiger partial charge in [0.1, 0.15) is 0 Å². The first-order valence-corrected chi connectivity index (χ1v) is 4.67. The molecule has 0 aliphatic carbocycles. The van der Waals surface area contributed by atoms with Gasteiger partial charge in [0.25, 0.3) is 0 Å². The molecule has 0 saturated carbocycles. The van der Waals surface area contributed by atoms with Crippen molar-refractivity contribution in [3.05, 3.63) is 29.3 Å². The van der Waals surface area contributed by atoms with Crippen LogP contribution in [0.25, 0.3) is 0 Å². The fourth-order valence-electron chi connectivity index (χ4n) is 0.594. The van der Waals surface area contributed by atoms with Crippen molar-refractivity contribution in [3.63, 3.8) is 0 Å². The van der Waals surface area contributed by atoms with Crippen LogP contribution in [0.3, 0.4) is 0 Å². The van der Waals surface area contributed by atoms with Gasteiger partial charge < -0.3 is 5.11 Å². The van der Waals surface area contributed by atoms with Crippen molar-refractivity contribution in [1.29, 1.82) is 0 Å². The van der Waals surface area contributed by atoms with E-state index in [0.717, 1.165) is 12.1 Å². The van der Waals surface area contributed by atoms with E-state index in [1.165, 1.54) is 4.90 Å². The molecule has 3 heteroatoms. The second-order valence-corrected chi connectivity index (χ2v) is 2.98. The Morgan fingerprint density at radius 2 is 2.00 bits per heavy atom. The van der Waals surface area contributed by atoms with Crippen LogP contribution >= 0.6 is 23.4 Å². The lowest BCUT2D eigenvalue weighted by Crippen LogP contribution is -1.66. The summed E-state index contributed by atoms with van der Waals surface area (Å²) < 4.78 is 0. The van der Waals surface area contributed by atoms with Crippen LogP contribution in [0.15, 0.2) is 29.2 Å². The molecule has 0 fully saturated rings. The van der Waals surface area contributed by atoms with Crippen LogP contribution in [0, 0.1) is 0 Å². The Morgan fingerprint density at radius 1 is 1.36 bits per heavy atom. The maximum absolute atomic E-state index is 7.00. The first kappa shape index (κ1) is 10.8. The van der Waals surface area contributed by atoms with Crippen LogP contribution < -0.4 is 0 Å². The quantitative estimate of drug-likeness (QED) is 0.688. The van der Waals surface area contributed by atoms with E-state index in [0.29, 0.717) is 0 Å². The Morgan fingerprint density at radius 3 is 2.36 bits per heavy atom. The molecule has 0 saturated heterocycles. The molecule has 0 amide bonds. The van der Waals surface area contributed by atoms with E-state index < -0.39 is 0 Å². The van der Waals surface area contributed by atoms with Crippen LogP contribution in [0.5, 0.6) is 0 Å². The van der Waals surface area contributed by atoms with Gasteiger partial charge in [0, 0.05) is 17.0 Å². The van der Waals surface area contributed by atoms with Crippen molar-refractivity contribution in [2.24, 2.45) is 0 Å². The monoisotopic (exact) mass is 190 g/mol. The van der Waals surface area contributed by atoms with Crippen molar-refractivity contribution in [1.82, 2.24) is 0 Å². The van der Waals surface area contributed by atoms with Crippen LogP contribution in [0.1, 0.15) is 0 Å². The molecule has 1 aromatic rings. The van der Waals surface area contributed by atoms with Gasteiger partial charge in [-0.2, -0.15) is 0 Å². The number of benzene rings is 1. The Bertz CT molecular complexity index is 203. The van der Waals surface area contributed by atoms with E-state index in [1.807, 2.05) is 30.5 Å². The lowest BCUT2D eigenvalue weighted by Gasteiger charge is -1.93. The first-order valence-electron chi connectivity index (χ1n) is 3.07. The van der Waals surface area contributed by atoms with E-state index in [2.05, 4.69) is 0 Å². The highest BCUT2D eigenvalue weighted by Gasteiger charge is 1.88. The summed E-state index contributed by atoms with van der Waals surface area (Å²) in [6.07, 6.45) is 2.03. The minimum Gasteiger partial charge on any atom is -0.400 e. The number of aliphatic hydroxyl groups is 1. The molecule has 0 unspecified atom stereocenters. The average Bonchev–Trinajstić information content (AvgIpc) is 2.08. The Kier molecular flexibility index (Phi) is 6.42. The van der Waals surface area contributed by atoms with Gasteiger partial charge in [-0.3, -0.25) is 0 Å². The summed E-state index contributed by atoms with van der Waals surface area (Å²) in [5.74, 6) is 0. The Labute approximate surface area is 76.4 Å². The van der Waals surface area contributed by atoms with E-state index in [-0.39, 0.29) is 0 Å². The Balaban J connectivity index is 0.000000461. The Hall–Kier alpha value is -0.180. The normalized spacial score (nSPS) is 8.36. The topological polar surface area (TPSA) is 20.2 Å². The van der Waals surface area contributed by atoms with E-state index in [4.69, 9.17) is 16.7 Å². The smallest absolute Gasteiger partial charge is 0.0417 e. The third-order valence-electron chi connectivity index (χ3n) is 1.03. The molecule has 0 heterocycles. The first-order chi connectivity index (χ1) is 5.33. The van der Waals surface area contributed by atoms with Crippen LogP contribution in [-0.4, -0.2) is 18.5 Å². The highest BCUT2D eigenvalue weighted by atomic mass is 35.5. The molecule has 0 aliphatic heterocycles. The zero-order chi connectivity index (χ0) is 8.69. The summed E-state index contributed by atoms with van der Waals surface area (Å²) >= 11 is 7.41. The second kappa shape index (κ2) is 6.53. The molecular weight excluding hydrogens is 180 g/mol. The molecule has 0 aromatic heterocycles. The van der Waals surface area contributed by atoms with Crippen molar-refractivity contribution in [2.75, 3.05) is 13.4 Å². The van der Waals surface area contributed by atoms with Gasteiger partial charge in [-0.15, -0.1) is 11.8 Å². The fourth-order valence-corrected chi connectivity index (χ4v) is 1.31. The molecule has 1 rings (SSSR count). The number of thioether (sulfide) groups is 1. The zero-order valence-electron chi connectivity index (χ0n) is 6.54. The summed E-state index contributed by atoms with van der Waals surface area (Å²) in [5.41, 5.74) is 0. The van der Waals surface area contributed by atoms with Gasteiger partial charge in [-0.05, 0) is 24.5 Å². The number of halogens is 1. The predicted octanol–water partition coefficient (Wildman–Crippen LogP) is 2.67. The summed E-state index contributed by atoms with van der Waals surface area (Å²) in [4.78, 5) is 1.21. The molecule has 0 atom stereocenters. The molecule has 62 valence electrons. The van der Waals surface area contributed by atoms with Gasteiger partial charge in [-0.1, -0.05) is 17.7 Å². The lowest BCUT2D eigenvalue weighted by molar-refractivity contribution is 0.399. The minimum atomic E-state index is 0.807. The predicted molar refractivity (Wildman–Crippen MR) is 51.4 cm³/mol. The summed E-state index contributed by atoms with van der Waals surface area (Å²) in [5, 5.41) is 7.81. The standard InChI is InChI=1S/C7H7ClS.CH4O/c1-9-7-4-2-3-6(8)5-7;1-2/h2-5H,1H3;2H,1H3. The molecule has 0 radical (unpaired) electrons. The molecule has 11 heavy (non-hydrogen) atoms. The van der Waals surface area contributed by atoms with Gasteiger partial charge in [0.2, 0.25) is 0 Å². The van der Waals surface area contributed by atoms with Crippen LogP contribution in [0.4, 0.5) is 0 Å². The van der Waals surface area contributed by atoms with Gasteiger partial charge >= 0.3 is 0 Å². The summed E-state index contributed by atoms with van der Waals surface area (Å²) in [6.45, 7) is 0. The molecule has 0 aliphatic rings.